The molecular weight excluding hydrogens is 128 g/mol. The minimum atomic E-state index is -3.17. The molecule has 1 aliphatic heterocycles. The summed E-state index contributed by atoms with van der Waals surface area (Å²) in [6, 6.07) is 0. The van der Waals surface area contributed by atoms with Crippen LogP contribution in [0.15, 0.2) is 0 Å². The summed E-state index contributed by atoms with van der Waals surface area (Å²) >= 11 is 0. The van der Waals surface area contributed by atoms with Crippen LogP contribution in [0.1, 0.15) is 0 Å². The third-order valence-electron chi connectivity index (χ3n) is 1.06. The normalized spacial score (nSPS) is 28.6. The second-order valence-corrected chi connectivity index (χ2v) is 3.43. The molecule has 1 aliphatic rings. The lowest BCUT2D eigenvalue weighted by Gasteiger charge is -2.00. The Labute approximate surface area is 48.7 Å². The van der Waals surface area contributed by atoms with Gasteiger partial charge in [0.05, 0.1) is 0 Å². The Bertz CT molecular complexity index is 174. The van der Waals surface area contributed by atoms with Crippen molar-refractivity contribution in [3.05, 3.63) is 0 Å². The van der Waals surface area contributed by atoms with E-state index in [1.807, 2.05) is 0 Å². The molecule has 0 aliphatic carbocycles. The molecule has 5 heteroatoms. The molecule has 1 rings (SSSR count). The minimum absolute atomic E-state index is 0.416. The van der Waals surface area contributed by atoms with Gasteiger partial charge in [0.1, 0.15) is 0 Å². The predicted molar refractivity (Wildman–Crippen MR) is 28.6 cm³/mol. The maximum absolute atomic E-state index is 10.5. The highest BCUT2D eigenvalue weighted by Gasteiger charge is 2.24. The number of nitrogens with zero attached hydrogens (tertiary/aromatic N) is 2. The molecule has 0 unspecified atom stereocenters. The maximum Gasteiger partial charge on any atom is 0.295 e. The summed E-state index contributed by atoms with van der Waals surface area (Å²) in [5.41, 5.74) is 0. The van der Waals surface area contributed by atoms with Gasteiger partial charge in [-0.1, -0.05) is 0 Å². The summed E-state index contributed by atoms with van der Waals surface area (Å²) in [5, 5.41) is 0. The van der Waals surface area contributed by atoms with Gasteiger partial charge >= 0.3 is 0 Å². The SMILES string of the molecule is CN1CC[N]S1(=O)=O. The Morgan fingerprint density at radius 3 is 2.38 bits per heavy atom. The van der Waals surface area contributed by atoms with Crippen LogP contribution in [0, 0.1) is 0 Å². The lowest BCUT2D eigenvalue weighted by atomic mass is 10.7. The smallest absolute Gasteiger partial charge is 0.193 e. The van der Waals surface area contributed by atoms with Crippen LogP contribution in [-0.4, -0.2) is 32.9 Å². The zero-order chi connectivity index (χ0) is 6.20. The summed E-state index contributed by atoms with van der Waals surface area (Å²) < 4.78 is 25.6. The summed E-state index contributed by atoms with van der Waals surface area (Å²) in [6.45, 7) is 0.946. The molecule has 4 nitrogen and oxygen atoms in total. The molecular formula is C3H7N2O2S. The van der Waals surface area contributed by atoms with Crippen LogP contribution < -0.4 is 4.72 Å². The summed E-state index contributed by atoms with van der Waals surface area (Å²) in [6.07, 6.45) is 0. The van der Waals surface area contributed by atoms with Crippen molar-refractivity contribution in [2.45, 2.75) is 0 Å². The Balaban J connectivity index is 2.85. The van der Waals surface area contributed by atoms with Crippen molar-refractivity contribution in [2.75, 3.05) is 20.1 Å². The van der Waals surface area contributed by atoms with Crippen molar-refractivity contribution in [3.8, 4) is 0 Å². The van der Waals surface area contributed by atoms with E-state index in [1.165, 1.54) is 11.4 Å². The molecule has 1 heterocycles. The van der Waals surface area contributed by atoms with Crippen molar-refractivity contribution in [1.29, 1.82) is 0 Å². The average Bonchev–Trinajstić information content (AvgIpc) is 1.86. The number of likely N-dealkylation sites (N-methyl/N-ethyl adjacent to an activating group) is 1. The van der Waals surface area contributed by atoms with Gasteiger partial charge in [-0.15, -0.1) is 4.72 Å². The molecule has 1 saturated heterocycles. The second kappa shape index (κ2) is 1.68. The predicted octanol–water partition coefficient (Wildman–Crippen LogP) is -1.22. The highest BCUT2D eigenvalue weighted by molar-refractivity contribution is 7.87. The molecule has 47 valence electrons. The first-order valence-corrected chi connectivity index (χ1v) is 3.68. The van der Waals surface area contributed by atoms with Gasteiger partial charge in [0.15, 0.2) is 0 Å². The van der Waals surface area contributed by atoms with Gasteiger partial charge in [-0.25, -0.2) is 0 Å². The van der Waals surface area contributed by atoms with Crippen molar-refractivity contribution in [1.82, 2.24) is 9.03 Å². The molecule has 0 N–H and O–H groups in total. The monoisotopic (exact) mass is 135 g/mol. The standard InChI is InChI=1S/C3H7N2O2S/c1-5-3-2-4-8(5,6)7/h2-3H2,1H3. The van der Waals surface area contributed by atoms with Crippen LogP contribution in [0.4, 0.5) is 0 Å². The first-order chi connectivity index (χ1) is 3.63. The van der Waals surface area contributed by atoms with Gasteiger partial charge in [0.25, 0.3) is 10.2 Å². The Hall–Kier alpha value is -0.130. The van der Waals surface area contributed by atoms with Gasteiger partial charge in [-0.2, -0.15) is 12.7 Å². The quantitative estimate of drug-likeness (QED) is 0.418. The van der Waals surface area contributed by atoms with Gasteiger partial charge in [-0.05, 0) is 0 Å². The zero-order valence-corrected chi connectivity index (χ0v) is 5.35. The molecule has 1 radical (unpaired) electrons. The highest BCUT2D eigenvalue weighted by atomic mass is 32.2. The zero-order valence-electron chi connectivity index (χ0n) is 4.53. The molecule has 8 heavy (non-hydrogen) atoms. The van der Waals surface area contributed by atoms with Gasteiger partial charge < -0.3 is 0 Å². The van der Waals surface area contributed by atoms with E-state index in [2.05, 4.69) is 4.72 Å². The van der Waals surface area contributed by atoms with E-state index in [0.717, 1.165) is 0 Å². The van der Waals surface area contributed by atoms with Gasteiger partial charge in [0.2, 0.25) is 0 Å². The topological polar surface area (TPSA) is 51.5 Å². The molecule has 0 aromatic rings. The molecule has 0 aromatic carbocycles. The first kappa shape index (κ1) is 6.00. The lowest BCUT2D eigenvalue weighted by Crippen LogP contribution is -2.22. The number of hydrogen-bond donors (Lipinski definition) is 0. The van der Waals surface area contributed by atoms with E-state index in [1.54, 1.807) is 0 Å². The summed E-state index contributed by atoms with van der Waals surface area (Å²) in [7, 11) is -1.65. The van der Waals surface area contributed by atoms with E-state index in [0.29, 0.717) is 13.1 Å². The van der Waals surface area contributed by atoms with Crippen LogP contribution in [0.3, 0.4) is 0 Å². The average molecular weight is 135 g/mol. The van der Waals surface area contributed by atoms with E-state index in [4.69, 9.17) is 0 Å². The molecule has 1 fully saturated rings. The van der Waals surface area contributed by atoms with Crippen LogP contribution >= 0.6 is 0 Å². The fourth-order valence-corrected chi connectivity index (χ4v) is 1.33. The van der Waals surface area contributed by atoms with Crippen LogP contribution in [0.5, 0.6) is 0 Å². The van der Waals surface area contributed by atoms with E-state index >= 15 is 0 Å². The molecule has 0 saturated carbocycles. The van der Waals surface area contributed by atoms with Crippen molar-refractivity contribution in [3.63, 3.8) is 0 Å². The highest BCUT2D eigenvalue weighted by Crippen LogP contribution is 2.00. The fourth-order valence-electron chi connectivity index (χ4n) is 0.511. The van der Waals surface area contributed by atoms with Crippen LogP contribution in [0.25, 0.3) is 0 Å². The van der Waals surface area contributed by atoms with E-state index in [9.17, 15) is 8.42 Å². The van der Waals surface area contributed by atoms with Gasteiger partial charge in [0, 0.05) is 20.1 Å². The first-order valence-electron chi connectivity index (χ1n) is 2.28. The molecule has 0 aromatic heterocycles. The Kier molecular flexibility index (Phi) is 1.26. The molecule has 0 spiro atoms. The van der Waals surface area contributed by atoms with Gasteiger partial charge in [-0.3, -0.25) is 0 Å². The van der Waals surface area contributed by atoms with Crippen molar-refractivity contribution < 1.29 is 8.42 Å². The van der Waals surface area contributed by atoms with E-state index in [-0.39, 0.29) is 0 Å². The number of rotatable bonds is 0. The van der Waals surface area contributed by atoms with E-state index < -0.39 is 10.2 Å². The lowest BCUT2D eigenvalue weighted by molar-refractivity contribution is 0.511. The second-order valence-electron chi connectivity index (χ2n) is 1.65. The maximum atomic E-state index is 10.5. The molecule has 0 atom stereocenters. The summed E-state index contributed by atoms with van der Waals surface area (Å²) in [4.78, 5) is 0. The Morgan fingerprint density at radius 2 is 2.25 bits per heavy atom. The number of hydrogen-bond acceptors (Lipinski definition) is 2. The largest absolute Gasteiger partial charge is 0.295 e. The summed E-state index contributed by atoms with van der Waals surface area (Å²) in [5.74, 6) is 0. The minimum Gasteiger partial charge on any atom is -0.193 e. The molecule has 0 amide bonds. The van der Waals surface area contributed by atoms with Crippen LogP contribution in [-0.2, 0) is 10.2 Å². The Morgan fingerprint density at radius 1 is 1.62 bits per heavy atom. The van der Waals surface area contributed by atoms with Crippen LogP contribution in [0.2, 0.25) is 0 Å². The molecule has 0 bridgehead atoms. The third kappa shape index (κ3) is 0.841. The third-order valence-corrected chi connectivity index (χ3v) is 2.54. The van der Waals surface area contributed by atoms with Crippen molar-refractivity contribution >= 4 is 10.2 Å². The van der Waals surface area contributed by atoms with Crippen molar-refractivity contribution in [2.24, 2.45) is 0 Å². The fraction of sp³-hybridized carbons (Fsp3) is 1.00.